The molecule has 3 heterocycles. The van der Waals surface area contributed by atoms with Gasteiger partial charge in [-0.2, -0.15) is 4.98 Å². The first-order valence-electron chi connectivity index (χ1n) is 11.5. The number of hydrogen-bond acceptors (Lipinski definition) is 7. The lowest BCUT2D eigenvalue weighted by molar-refractivity contribution is 0.0828. The van der Waals surface area contributed by atoms with Crippen molar-refractivity contribution < 1.29 is 4.79 Å². The van der Waals surface area contributed by atoms with Crippen molar-refractivity contribution in [2.24, 2.45) is 0 Å². The van der Waals surface area contributed by atoms with E-state index in [1.165, 1.54) is 23.9 Å². The van der Waals surface area contributed by atoms with E-state index in [0.717, 1.165) is 42.2 Å². The average molecular weight is 491 g/mol. The molecular formula is C25H27ClN8O. The molecular weight excluding hydrogens is 464 g/mol. The van der Waals surface area contributed by atoms with Crippen molar-refractivity contribution in [3.05, 3.63) is 65.1 Å². The van der Waals surface area contributed by atoms with Gasteiger partial charge >= 0.3 is 0 Å². The average Bonchev–Trinajstić information content (AvgIpc) is 3.50. The lowest BCUT2D eigenvalue weighted by atomic mass is 10.1. The second kappa shape index (κ2) is 9.89. The molecule has 0 atom stereocenters. The molecule has 9 nitrogen and oxygen atoms in total. The molecule has 0 bridgehead atoms. The van der Waals surface area contributed by atoms with Crippen LogP contribution < -0.4 is 10.6 Å². The number of carbonyl (C=O) groups excluding carboxylic acids is 1. The monoisotopic (exact) mass is 490 g/mol. The van der Waals surface area contributed by atoms with Crippen molar-refractivity contribution in [3.63, 3.8) is 0 Å². The summed E-state index contributed by atoms with van der Waals surface area (Å²) in [4.78, 5) is 33.5. The molecule has 2 aromatic carbocycles. The maximum atomic E-state index is 12.6. The molecule has 0 unspecified atom stereocenters. The molecule has 1 fully saturated rings. The van der Waals surface area contributed by atoms with Gasteiger partial charge in [-0.05, 0) is 56.3 Å². The number of para-hydroxylation sites is 1. The molecule has 180 valence electrons. The number of aromatic nitrogens is 4. The van der Waals surface area contributed by atoms with E-state index in [1.54, 1.807) is 20.2 Å². The minimum absolute atomic E-state index is 0.117. The summed E-state index contributed by atoms with van der Waals surface area (Å²) in [6.07, 6.45) is 4.03. The predicted molar refractivity (Wildman–Crippen MR) is 139 cm³/mol. The van der Waals surface area contributed by atoms with Crippen LogP contribution in [-0.2, 0) is 6.54 Å². The van der Waals surface area contributed by atoms with Crippen LogP contribution in [0.1, 0.15) is 29.0 Å². The molecule has 2 aromatic heterocycles. The number of carbonyl (C=O) groups is 1. The largest absolute Gasteiger partial charge is 0.345 e. The molecule has 0 spiro atoms. The van der Waals surface area contributed by atoms with E-state index < -0.39 is 0 Å². The maximum absolute atomic E-state index is 12.6. The first-order valence-corrected chi connectivity index (χ1v) is 11.9. The van der Waals surface area contributed by atoms with Crippen molar-refractivity contribution in [2.75, 3.05) is 37.8 Å². The van der Waals surface area contributed by atoms with E-state index in [2.05, 4.69) is 30.5 Å². The number of aromatic amines is 1. The Balaban J connectivity index is 1.35. The van der Waals surface area contributed by atoms with Crippen LogP contribution in [-0.4, -0.2) is 62.8 Å². The van der Waals surface area contributed by atoms with Crippen LogP contribution in [0, 0.1) is 0 Å². The summed E-state index contributed by atoms with van der Waals surface area (Å²) in [7, 11) is 3.43. The number of benzene rings is 2. The van der Waals surface area contributed by atoms with E-state index in [0.29, 0.717) is 28.0 Å². The number of amides is 1. The Morgan fingerprint density at radius 3 is 2.71 bits per heavy atom. The van der Waals surface area contributed by atoms with Crippen molar-refractivity contribution in [1.29, 1.82) is 0 Å². The Bertz CT molecular complexity index is 1360. The quantitative estimate of drug-likeness (QED) is 0.342. The zero-order valence-corrected chi connectivity index (χ0v) is 20.4. The number of rotatable bonds is 7. The molecule has 4 aromatic rings. The second-order valence-corrected chi connectivity index (χ2v) is 9.19. The molecule has 1 amide bonds. The van der Waals surface area contributed by atoms with Gasteiger partial charge in [0.25, 0.3) is 5.91 Å². The van der Waals surface area contributed by atoms with Crippen LogP contribution in [0.4, 0.5) is 23.1 Å². The molecule has 1 aliphatic heterocycles. The van der Waals surface area contributed by atoms with E-state index in [1.807, 2.05) is 36.4 Å². The minimum atomic E-state index is -0.117. The van der Waals surface area contributed by atoms with Gasteiger partial charge in [-0.25, -0.2) is 9.97 Å². The van der Waals surface area contributed by atoms with Crippen molar-refractivity contribution in [1.82, 2.24) is 29.7 Å². The third kappa shape index (κ3) is 5.21. The van der Waals surface area contributed by atoms with Gasteiger partial charge in [0.15, 0.2) is 5.82 Å². The number of imidazole rings is 1. The number of nitrogens with one attached hydrogen (secondary N) is 3. The Kier molecular flexibility index (Phi) is 6.52. The van der Waals surface area contributed by atoms with E-state index in [9.17, 15) is 4.79 Å². The van der Waals surface area contributed by atoms with E-state index in [4.69, 9.17) is 16.6 Å². The van der Waals surface area contributed by atoms with Crippen LogP contribution in [0.25, 0.3) is 11.0 Å². The fraction of sp³-hybridized carbons (Fsp3) is 0.280. The number of likely N-dealkylation sites (tertiary alicyclic amines) is 1. The Hall–Kier alpha value is -3.69. The summed E-state index contributed by atoms with van der Waals surface area (Å²) in [6.45, 7) is 3.09. The molecule has 1 saturated heterocycles. The van der Waals surface area contributed by atoms with Crippen LogP contribution in [0.15, 0.2) is 48.7 Å². The first-order chi connectivity index (χ1) is 17.0. The van der Waals surface area contributed by atoms with Crippen molar-refractivity contribution >= 4 is 51.7 Å². The van der Waals surface area contributed by atoms with Crippen LogP contribution in [0.3, 0.4) is 0 Å². The van der Waals surface area contributed by atoms with Gasteiger partial charge in [0.05, 0.1) is 35.0 Å². The second-order valence-electron chi connectivity index (χ2n) is 8.78. The molecule has 0 saturated carbocycles. The highest BCUT2D eigenvalue weighted by molar-refractivity contribution is 6.33. The predicted octanol–water partition coefficient (Wildman–Crippen LogP) is 4.79. The lowest BCUT2D eigenvalue weighted by Crippen LogP contribution is -2.22. The SMILES string of the molecule is CN(C)C(=O)c1ccccc1Nc1nc(Nc2ccc3nc(CN4CCCC4)[nH]c3c2)ncc1Cl. The lowest BCUT2D eigenvalue weighted by Gasteiger charge is -2.16. The number of nitrogens with zero attached hydrogens (tertiary/aromatic N) is 5. The van der Waals surface area contributed by atoms with E-state index in [-0.39, 0.29) is 5.91 Å². The highest BCUT2D eigenvalue weighted by Gasteiger charge is 2.16. The highest BCUT2D eigenvalue weighted by Crippen LogP contribution is 2.28. The molecule has 1 aliphatic rings. The number of anilines is 4. The van der Waals surface area contributed by atoms with Gasteiger partial charge in [0.2, 0.25) is 5.95 Å². The molecule has 5 rings (SSSR count). The molecule has 10 heteroatoms. The van der Waals surface area contributed by atoms with Gasteiger partial charge in [-0.3, -0.25) is 9.69 Å². The first kappa shape index (κ1) is 23.1. The summed E-state index contributed by atoms with van der Waals surface area (Å²) in [5, 5.41) is 6.76. The highest BCUT2D eigenvalue weighted by atomic mass is 35.5. The topological polar surface area (TPSA) is 102 Å². The normalized spacial score (nSPS) is 13.8. The smallest absolute Gasteiger partial charge is 0.255 e. The summed E-state index contributed by atoms with van der Waals surface area (Å²) in [5.41, 5.74) is 3.84. The third-order valence-electron chi connectivity index (χ3n) is 5.92. The zero-order valence-electron chi connectivity index (χ0n) is 19.7. The van der Waals surface area contributed by atoms with Crippen LogP contribution >= 0.6 is 11.6 Å². The van der Waals surface area contributed by atoms with Gasteiger partial charge in [-0.15, -0.1) is 0 Å². The van der Waals surface area contributed by atoms with Gasteiger partial charge in [-0.1, -0.05) is 23.7 Å². The minimum Gasteiger partial charge on any atom is -0.345 e. The number of fused-ring (bicyclic) bond motifs is 1. The maximum Gasteiger partial charge on any atom is 0.255 e. The van der Waals surface area contributed by atoms with Crippen molar-refractivity contribution in [2.45, 2.75) is 19.4 Å². The summed E-state index contributed by atoms with van der Waals surface area (Å²) in [6, 6.07) is 13.1. The Morgan fingerprint density at radius 1 is 1.11 bits per heavy atom. The summed E-state index contributed by atoms with van der Waals surface area (Å²) < 4.78 is 0. The Labute approximate surface area is 208 Å². The zero-order chi connectivity index (χ0) is 24.4. The number of halogens is 1. The Morgan fingerprint density at radius 2 is 1.91 bits per heavy atom. The van der Waals surface area contributed by atoms with Crippen LogP contribution in [0.2, 0.25) is 5.02 Å². The van der Waals surface area contributed by atoms with Crippen LogP contribution in [0.5, 0.6) is 0 Å². The van der Waals surface area contributed by atoms with E-state index >= 15 is 0 Å². The van der Waals surface area contributed by atoms with Gasteiger partial charge in [0, 0.05) is 19.8 Å². The van der Waals surface area contributed by atoms with Gasteiger partial charge in [0.1, 0.15) is 10.8 Å². The number of H-pyrrole nitrogens is 1. The third-order valence-corrected chi connectivity index (χ3v) is 6.20. The van der Waals surface area contributed by atoms with Gasteiger partial charge < -0.3 is 20.5 Å². The molecule has 0 radical (unpaired) electrons. The fourth-order valence-electron chi connectivity index (χ4n) is 4.16. The molecule has 35 heavy (non-hydrogen) atoms. The number of hydrogen-bond donors (Lipinski definition) is 3. The van der Waals surface area contributed by atoms with Crippen molar-refractivity contribution in [3.8, 4) is 0 Å². The standard InChI is InChI=1S/C25H27ClN8O/c1-33(2)24(35)17-7-3-4-8-19(17)31-23-18(26)14-27-25(32-23)28-16-9-10-20-21(13-16)30-22(29-20)15-34-11-5-6-12-34/h3-4,7-10,13-14H,5-6,11-12,15H2,1-2H3,(H,29,30)(H2,27,28,31,32). The fourth-order valence-corrected chi connectivity index (χ4v) is 4.30. The molecule has 0 aliphatic carbocycles. The summed E-state index contributed by atoms with van der Waals surface area (Å²) in [5.74, 6) is 1.64. The molecule has 3 N–H and O–H groups in total. The summed E-state index contributed by atoms with van der Waals surface area (Å²) >= 11 is 6.37.